The van der Waals surface area contributed by atoms with Crippen molar-refractivity contribution in [2.45, 2.75) is 20.0 Å². The van der Waals surface area contributed by atoms with Gasteiger partial charge in [0.1, 0.15) is 0 Å². The van der Waals surface area contributed by atoms with Crippen molar-refractivity contribution >= 4 is 0 Å². The van der Waals surface area contributed by atoms with E-state index >= 15 is 0 Å². The summed E-state index contributed by atoms with van der Waals surface area (Å²) in [5.74, 6) is 0.672. The molecule has 0 aromatic carbocycles. The van der Waals surface area contributed by atoms with Crippen LogP contribution in [0.1, 0.15) is 16.7 Å². The lowest BCUT2D eigenvalue weighted by Crippen LogP contribution is -2.45. The molecule has 2 aromatic heterocycles. The molecule has 0 N–H and O–H groups in total. The predicted molar refractivity (Wildman–Crippen MR) is 90.3 cm³/mol. The zero-order valence-corrected chi connectivity index (χ0v) is 13.9. The highest BCUT2D eigenvalue weighted by Crippen LogP contribution is 2.14. The van der Waals surface area contributed by atoms with Gasteiger partial charge in [-0.1, -0.05) is 6.07 Å². The maximum Gasteiger partial charge on any atom is 0.212 e. The van der Waals surface area contributed by atoms with E-state index in [0.29, 0.717) is 5.88 Å². The summed E-state index contributed by atoms with van der Waals surface area (Å²) in [7, 11) is 1.64. The zero-order chi connectivity index (χ0) is 16.1. The number of ether oxygens (including phenoxy) is 1. The molecule has 3 rings (SSSR count). The Balaban J connectivity index is 1.49. The van der Waals surface area contributed by atoms with Crippen molar-refractivity contribution in [2.24, 2.45) is 0 Å². The number of piperazine rings is 1. The Labute approximate surface area is 137 Å². The SMILES string of the molecule is COc1ccc(CN2CCN(Cc3cnccc3C)CC2)cn1. The van der Waals surface area contributed by atoms with Crippen molar-refractivity contribution in [3.63, 3.8) is 0 Å². The number of nitrogens with zero attached hydrogens (tertiary/aromatic N) is 4. The third kappa shape index (κ3) is 4.27. The van der Waals surface area contributed by atoms with E-state index in [1.165, 1.54) is 16.7 Å². The van der Waals surface area contributed by atoms with Crippen LogP contribution in [0.3, 0.4) is 0 Å². The van der Waals surface area contributed by atoms with Crippen LogP contribution in [-0.4, -0.2) is 53.1 Å². The summed E-state index contributed by atoms with van der Waals surface area (Å²) in [6.45, 7) is 8.48. The number of rotatable bonds is 5. The normalized spacial score (nSPS) is 16.4. The van der Waals surface area contributed by atoms with Crippen LogP contribution in [0.25, 0.3) is 0 Å². The van der Waals surface area contributed by atoms with Crippen molar-refractivity contribution < 1.29 is 4.74 Å². The molecule has 0 spiro atoms. The smallest absolute Gasteiger partial charge is 0.212 e. The van der Waals surface area contributed by atoms with Crippen LogP contribution in [0.5, 0.6) is 5.88 Å². The molecule has 1 fully saturated rings. The van der Waals surface area contributed by atoms with E-state index < -0.39 is 0 Å². The first kappa shape index (κ1) is 15.9. The van der Waals surface area contributed by atoms with E-state index in [-0.39, 0.29) is 0 Å². The van der Waals surface area contributed by atoms with Crippen LogP contribution in [0, 0.1) is 6.92 Å². The Hall–Kier alpha value is -1.98. The summed E-state index contributed by atoms with van der Waals surface area (Å²) in [6.07, 6.45) is 5.76. The van der Waals surface area contributed by atoms with E-state index in [0.717, 1.165) is 39.3 Å². The van der Waals surface area contributed by atoms with Gasteiger partial charge in [0.2, 0.25) is 5.88 Å². The van der Waals surface area contributed by atoms with Gasteiger partial charge in [-0.15, -0.1) is 0 Å². The van der Waals surface area contributed by atoms with Crippen LogP contribution in [-0.2, 0) is 13.1 Å². The molecule has 2 aromatic rings. The molecule has 1 aliphatic heterocycles. The molecule has 0 atom stereocenters. The second-order valence-electron chi connectivity index (χ2n) is 6.06. The Morgan fingerprint density at radius 2 is 1.74 bits per heavy atom. The van der Waals surface area contributed by atoms with E-state index in [9.17, 15) is 0 Å². The molecule has 3 heterocycles. The fourth-order valence-electron chi connectivity index (χ4n) is 2.89. The van der Waals surface area contributed by atoms with Crippen molar-refractivity contribution in [1.29, 1.82) is 0 Å². The molecular formula is C18H24N4O. The molecule has 0 saturated carbocycles. The number of hydrogen-bond acceptors (Lipinski definition) is 5. The van der Waals surface area contributed by atoms with Crippen LogP contribution in [0.2, 0.25) is 0 Å². The Kier molecular flexibility index (Phi) is 5.20. The van der Waals surface area contributed by atoms with Gasteiger partial charge in [-0.05, 0) is 29.7 Å². The van der Waals surface area contributed by atoms with Crippen molar-refractivity contribution in [1.82, 2.24) is 19.8 Å². The minimum Gasteiger partial charge on any atom is -0.481 e. The van der Waals surface area contributed by atoms with Gasteiger partial charge in [-0.3, -0.25) is 14.8 Å². The molecule has 0 unspecified atom stereocenters. The highest BCUT2D eigenvalue weighted by atomic mass is 16.5. The van der Waals surface area contributed by atoms with Crippen molar-refractivity contribution in [2.75, 3.05) is 33.3 Å². The van der Waals surface area contributed by atoms with Gasteiger partial charge in [0.05, 0.1) is 7.11 Å². The van der Waals surface area contributed by atoms with Crippen LogP contribution in [0.15, 0.2) is 36.8 Å². The van der Waals surface area contributed by atoms with Gasteiger partial charge in [-0.2, -0.15) is 0 Å². The Morgan fingerprint density at radius 1 is 1.00 bits per heavy atom. The average molecular weight is 312 g/mol. The predicted octanol–water partition coefficient (Wildman–Crippen LogP) is 2.11. The van der Waals surface area contributed by atoms with Gasteiger partial charge >= 0.3 is 0 Å². The summed E-state index contributed by atoms with van der Waals surface area (Å²) in [5.41, 5.74) is 3.90. The van der Waals surface area contributed by atoms with Gasteiger partial charge in [0.25, 0.3) is 0 Å². The third-order valence-electron chi connectivity index (χ3n) is 4.42. The molecule has 1 saturated heterocycles. The lowest BCUT2D eigenvalue weighted by atomic mass is 10.1. The van der Waals surface area contributed by atoms with Crippen LogP contribution < -0.4 is 4.74 Å². The minimum atomic E-state index is 0.672. The molecular weight excluding hydrogens is 288 g/mol. The molecule has 0 aliphatic carbocycles. The molecule has 122 valence electrons. The van der Waals surface area contributed by atoms with E-state index in [1.54, 1.807) is 7.11 Å². The molecule has 0 radical (unpaired) electrons. The topological polar surface area (TPSA) is 41.5 Å². The van der Waals surface area contributed by atoms with Gasteiger partial charge in [0.15, 0.2) is 0 Å². The molecule has 0 bridgehead atoms. The van der Waals surface area contributed by atoms with Crippen LogP contribution >= 0.6 is 0 Å². The Bertz CT molecular complexity index is 621. The van der Waals surface area contributed by atoms with E-state index in [2.05, 4.69) is 38.8 Å². The number of pyridine rings is 2. The summed E-state index contributed by atoms with van der Waals surface area (Å²) in [6, 6.07) is 6.11. The molecule has 5 nitrogen and oxygen atoms in total. The number of aromatic nitrogens is 2. The van der Waals surface area contributed by atoms with Gasteiger partial charge in [0, 0.05) is 63.9 Å². The quantitative estimate of drug-likeness (QED) is 0.846. The lowest BCUT2D eigenvalue weighted by Gasteiger charge is -2.34. The maximum atomic E-state index is 5.10. The first-order valence-corrected chi connectivity index (χ1v) is 8.08. The van der Waals surface area contributed by atoms with Gasteiger partial charge < -0.3 is 4.74 Å². The van der Waals surface area contributed by atoms with E-state index in [1.807, 2.05) is 24.7 Å². The summed E-state index contributed by atoms with van der Waals surface area (Å²) < 4.78 is 5.10. The first-order chi connectivity index (χ1) is 11.2. The standard InChI is InChI=1S/C18H24N4O/c1-15-5-6-19-12-17(15)14-22-9-7-21(8-10-22)13-16-3-4-18(23-2)20-11-16/h3-6,11-12H,7-10,13-14H2,1-2H3. The number of hydrogen-bond donors (Lipinski definition) is 0. The fourth-order valence-corrected chi connectivity index (χ4v) is 2.89. The number of aryl methyl sites for hydroxylation is 1. The van der Waals surface area contributed by atoms with Gasteiger partial charge in [-0.25, -0.2) is 4.98 Å². The van der Waals surface area contributed by atoms with E-state index in [4.69, 9.17) is 4.74 Å². The highest BCUT2D eigenvalue weighted by Gasteiger charge is 2.17. The van der Waals surface area contributed by atoms with Crippen molar-refractivity contribution in [3.8, 4) is 5.88 Å². The first-order valence-electron chi connectivity index (χ1n) is 8.08. The lowest BCUT2D eigenvalue weighted by molar-refractivity contribution is 0.121. The number of methoxy groups -OCH3 is 1. The van der Waals surface area contributed by atoms with Crippen LogP contribution in [0.4, 0.5) is 0 Å². The molecule has 5 heteroatoms. The summed E-state index contributed by atoms with van der Waals surface area (Å²) in [4.78, 5) is 13.5. The molecule has 23 heavy (non-hydrogen) atoms. The van der Waals surface area contributed by atoms with Crippen molar-refractivity contribution in [3.05, 3.63) is 53.5 Å². The average Bonchev–Trinajstić information content (AvgIpc) is 2.59. The summed E-state index contributed by atoms with van der Waals surface area (Å²) in [5, 5.41) is 0. The second kappa shape index (κ2) is 7.53. The minimum absolute atomic E-state index is 0.672. The Morgan fingerprint density at radius 3 is 2.35 bits per heavy atom. The monoisotopic (exact) mass is 312 g/mol. The highest BCUT2D eigenvalue weighted by molar-refractivity contribution is 5.21. The summed E-state index contributed by atoms with van der Waals surface area (Å²) >= 11 is 0. The third-order valence-corrected chi connectivity index (χ3v) is 4.42. The largest absolute Gasteiger partial charge is 0.481 e. The fraction of sp³-hybridized carbons (Fsp3) is 0.444. The molecule has 0 amide bonds. The second-order valence-corrected chi connectivity index (χ2v) is 6.06. The maximum absolute atomic E-state index is 5.10. The molecule has 1 aliphatic rings. The zero-order valence-electron chi connectivity index (χ0n) is 13.9.